The summed E-state index contributed by atoms with van der Waals surface area (Å²) in [6.07, 6.45) is -5.68. The van der Waals surface area contributed by atoms with Gasteiger partial charge in [-0.05, 0) is 54.3 Å². The van der Waals surface area contributed by atoms with E-state index in [0.29, 0.717) is 29.2 Å². The Morgan fingerprint density at radius 1 is 0.978 bits per heavy atom. The first-order valence-corrected chi connectivity index (χ1v) is 14.7. The van der Waals surface area contributed by atoms with Gasteiger partial charge in [0.05, 0.1) is 12.0 Å². The van der Waals surface area contributed by atoms with Gasteiger partial charge in [-0.2, -0.15) is 18.4 Å². The average Bonchev–Trinajstić information content (AvgIpc) is 3.42. The number of carbonyl (C=O) groups excluding carboxylic acids is 2. The van der Waals surface area contributed by atoms with Crippen LogP contribution in [-0.4, -0.2) is 70.7 Å². The van der Waals surface area contributed by atoms with Crippen LogP contribution < -0.4 is 4.90 Å². The molecule has 2 aliphatic heterocycles. The predicted octanol–water partition coefficient (Wildman–Crippen LogP) is 5.64. The Balaban J connectivity index is 1.41. The van der Waals surface area contributed by atoms with Gasteiger partial charge < -0.3 is 14.7 Å². The maximum absolute atomic E-state index is 15.0. The van der Waals surface area contributed by atoms with E-state index in [1.165, 1.54) is 21.9 Å². The standard InChI is InChI=1S/C31H28ClF5N6O2/c32-20-5-3-19(4-6-20)27-2-1-11-41(12-13-43(27)29(44)15-31(35,36)37)30(45)25-18-42(28-10-8-22(16-38)39-40-28)17-24(25)23-9-7-21(33)14-26(23)34/h3-10,14,24-25,27H,1-2,11-13,15,17-18H2/t24-,25+,27-/m0/s1. The van der Waals surface area contributed by atoms with E-state index < -0.39 is 48.0 Å². The van der Waals surface area contributed by atoms with Crippen molar-refractivity contribution in [2.75, 3.05) is 37.6 Å². The molecule has 45 heavy (non-hydrogen) atoms. The molecule has 1 aromatic heterocycles. The maximum atomic E-state index is 15.0. The lowest BCUT2D eigenvalue weighted by Crippen LogP contribution is -2.48. The van der Waals surface area contributed by atoms with Crippen molar-refractivity contribution in [1.29, 1.82) is 5.26 Å². The number of alkyl halides is 3. The van der Waals surface area contributed by atoms with Crippen LogP contribution in [0, 0.1) is 28.9 Å². The van der Waals surface area contributed by atoms with E-state index >= 15 is 4.39 Å². The van der Waals surface area contributed by atoms with Gasteiger partial charge in [0, 0.05) is 49.7 Å². The first-order chi connectivity index (χ1) is 21.4. The number of anilines is 1. The summed E-state index contributed by atoms with van der Waals surface area (Å²) in [6, 6.07) is 14.0. The lowest BCUT2D eigenvalue weighted by molar-refractivity contribution is -0.164. The number of nitrogens with zero attached hydrogens (tertiary/aromatic N) is 6. The van der Waals surface area contributed by atoms with Gasteiger partial charge >= 0.3 is 6.18 Å². The Hall–Kier alpha value is -4.31. The Morgan fingerprint density at radius 3 is 2.38 bits per heavy atom. The molecule has 0 saturated carbocycles. The molecule has 2 saturated heterocycles. The second-order valence-electron chi connectivity index (χ2n) is 11.1. The fraction of sp³-hybridized carbons (Fsp3) is 0.387. The highest BCUT2D eigenvalue weighted by atomic mass is 35.5. The molecule has 2 aliphatic rings. The lowest BCUT2D eigenvalue weighted by atomic mass is 9.87. The molecule has 2 amide bonds. The number of carbonyl (C=O) groups is 2. The molecule has 0 unspecified atom stereocenters. The van der Waals surface area contributed by atoms with Crippen molar-refractivity contribution >= 4 is 29.2 Å². The van der Waals surface area contributed by atoms with E-state index in [1.807, 2.05) is 6.07 Å². The zero-order valence-corrected chi connectivity index (χ0v) is 24.6. The van der Waals surface area contributed by atoms with Crippen LogP contribution >= 0.6 is 11.6 Å². The molecule has 3 atom stereocenters. The minimum absolute atomic E-state index is 0.0433. The van der Waals surface area contributed by atoms with E-state index in [9.17, 15) is 27.2 Å². The lowest BCUT2D eigenvalue weighted by Gasteiger charge is -2.38. The summed E-state index contributed by atoms with van der Waals surface area (Å²) in [7, 11) is 0. The van der Waals surface area contributed by atoms with Crippen LogP contribution in [0.25, 0.3) is 0 Å². The number of benzene rings is 2. The third-order valence-corrected chi connectivity index (χ3v) is 8.47. The van der Waals surface area contributed by atoms with Crippen molar-refractivity contribution in [3.8, 4) is 6.07 Å². The quantitative estimate of drug-likeness (QED) is 0.333. The molecule has 2 aromatic carbocycles. The molecule has 2 fully saturated rings. The molecule has 0 radical (unpaired) electrons. The second-order valence-corrected chi connectivity index (χ2v) is 11.5. The summed E-state index contributed by atoms with van der Waals surface area (Å²) >= 11 is 6.01. The smallest absolute Gasteiger partial charge is 0.354 e. The van der Waals surface area contributed by atoms with Crippen LogP contribution in [0.3, 0.4) is 0 Å². The van der Waals surface area contributed by atoms with Crippen LogP contribution in [0.2, 0.25) is 5.02 Å². The van der Waals surface area contributed by atoms with Gasteiger partial charge in [-0.15, -0.1) is 10.2 Å². The van der Waals surface area contributed by atoms with Crippen molar-refractivity contribution in [2.45, 2.75) is 37.4 Å². The highest BCUT2D eigenvalue weighted by molar-refractivity contribution is 6.30. The number of hydrogen-bond donors (Lipinski definition) is 0. The number of nitriles is 1. The van der Waals surface area contributed by atoms with Crippen molar-refractivity contribution in [2.24, 2.45) is 5.92 Å². The SMILES string of the molecule is N#Cc1ccc(N2C[C@@H](C(=O)N3CCC[C@@H](c4ccc(Cl)cc4)N(C(=O)CC(F)(F)F)CC3)[C@H](c3ccc(F)cc3F)C2)nn1. The highest BCUT2D eigenvalue weighted by Gasteiger charge is 2.43. The number of aromatic nitrogens is 2. The van der Waals surface area contributed by atoms with Gasteiger partial charge in [0.25, 0.3) is 0 Å². The van der Waals surface area contributed by atoms with Gasteiger partial charge in [0.2, 0.25) is 11.8 Å². The largest absolute Gasteiger partial charge is 0.397 e. The topological polar surface area (TPSA) is 93.4 Å². The summed E-state index contributed by atoms with van der Waals surface area (Å²) in [5, 5.41) is 17.4. The van der Waals surface area contributed by atoms with E-state index in [1.54, 1.807) is 35.2 Å². The van der Waals surface area contributed by atoms with Gasteiger partial charge in [0.15, 0.2) is 11.5 Å². The van der Waals surface area contributed by atoms with Crippen molar-refractivity contribution in [3.05, 3.63) is 88.1 Å². The Kier molecular flexibility index (Phi) is 9.53. The summed E-state index contributed by atoms with van der Waals surface area (Å²) in [5.41, 5.74) is 0.862. The predicted molar refractivity (Wildman–Crippen MR) is 154 cm³/mol. The first kappa shape index (κ1) is 32.1. The summed E-state index contributed by atoms with van der Waals surface area (Å²) in [6.45, 7) is 0.305. The second kappa shape index (κ2) is 13.4. The van der Waals surface area contributed by atoms with Crippen LogP contribution in [0.15, 0.2) is 54.6 Å². The van der Waals surface area contributed by atoms with Gasteiger partial charge in [-0.3, -0.25) is 9.59 Å². The van der Waals surface area contributed by atoms with Crippen LogP contribution in [0.1, 0.15) is 48.0 Å². The van der Waals surface area contributed by atoms with E-state index in [-0.39, 0.29) is 49.9 Å². The molecular formula is C31H28ClF5N6O2. The highest BCUT2D eigenvalue weighted by Crippen LogP contribution is 2.38. The van der Waals surface area contributed by atoms with E-state index in [4.69, 9.17) is 16.9 Å². The molecule has 8 nitrogen and oxygen atoms in total. The fourth-order valence-corrected chi connectivity index (χ4v) is 6.22. The van der Waals surface area contributed by atoms with Crippen molar-refractivity contribution in [3.63, 3.8) is 0 Å². The number of rotatable bonds is 5. The van der Waals surface area contributed by atoms with Crippen LogP contribution in [-0.2, 0) is 9.59 Å². The monoisotopic (exact) mass is 646 g/mol. The summed E-state index contributed by atoms with van der Waals surface area (Å²) < 4.78 is 68.7. The fourth-order valence-electron chi connectivity index (χ4n) is 6.10. The number of hydrogen-bond acceptors (Lipinski definition) is 6. The molecular weight excluding hydrogens is 619 g/mol. The molecule has 0 N–H and O–H groups in total. The number of halogens is 6. The minimum Gasteiger partial charge on any atom is -0.354 e. The normalized spacial score (nSPS) is 20.8. The van der Waals surface area contributed by atoms with E-state index in [2.05, 4.69) is 10.2 Å². The number of amides is 2. The third kappa shape index (κ3) is 7.50. The zero-order valence-electron chi connectivity index (χ0n) is 23.9. The molecule has 3 heterocycles. The molecule has 3 aromatic rings. The Bertz CT molecular complexity index is 1580. The minimum atomic E-state index is -4.71. The first-order valence-electron chi connectivity index (χ1n) is 14.3. The van der Waals surface area contributed by atoms with Crippen molar-refractivity contribution < 1.29 is 31.5 Å². The molecule has 0 aliphatic carbocycles. The third-order valence-electron chi connectivity index (χ3n) is 8.22. The Morgan fingerprint density at radius 2 is 1.73 bits per heavy atom. The molecule has 5 rings (SSSR count). The molecule has 0 spiro atoms. The van der Waals surface area contributed by atoms with Gasteiger partial charge in [-0.1, -0.05) is 29.8 Å². The summed E-state index contributed by atoms with van der Waals surface area (Å²) in [4.78, 5) is 31.5. The van der Waals surface area contributed by atoms with Crippen LogP contribution in [0.5, 0.6) is 0 Å². The molecule has 0 bridgehead atoms. The van der Waals surface area contributed by atoms with Crippen LogP contribution in [0.4, 0.5) is 27.8 Å². The molecule has 14 heteroatoms. The average molecular weight is 647 g/mol. The zero-order chi connectivity index (χ0) is 32.3. The Labute approximate surface area is 261 Å². The van der Waals surface area contributed by atoms with Gasteiger partial charge in [0.1, 0.15) is 24.1 Å². The van der Waals surface area contributed by atoms with Gasteiger partial charge in [-0.25, -0.2) is 8.78 Å². The molecule has 236 valence electrons. The van der Waals surface area contributed by atoms with E-state index in [0.717, 1.165) is 12.1 Å². The van der Waals surface area contributed by atoms with Crippen molar-refractivity contribution in [1.82, 2.24) is 20.0 Å². The maximum Gasteiger partial charge on any atom is 0.397 e. The summed E-state index contributed by atoms with van der Waals surface area (Å²) in [5.74, 6) is -4.24.